The zero-order valence-electron chi connectivity index (χ0n) is 10.0. The van der Waals surface area contributed by atoms with E-state index in [0.717, 1.165) is 0 Å². The van der Waals surface area contributed by atoms with Crippen molar-refractivity contribution in [1.82, 2.24) is 4.98 Å². The van der Waals surface area contributed by atoms with Crippen molar-refractivity contribution in [2.45, 2.75) is 19.1 Å². The third-order valence-corrected chi connectivity index (χ3v) is 3.11. The molecular formula is C12H14ClN3O2. The van der Waals surface area contributed by atoms with Crippen LogP contribution in [0.3, 0.4) is 0 Å². The van der Waals surface area contributed by atoms with E-state index in [1.807, 2.05) is 11.8 Å². The molecule has 1 fully saturated rings. The monoisotopic (exact) mass is 267 g/mol. The molecule has 1 N–H and O–H groups in total. The Labute approximate surface area is 111 Å². The largest absolute Gasteiger partial charge is 0.394 e. The first-order valence-electron chi connectivity index (χ1n) is 5.71. The maximum atomic E-state index is 9.15. The standard InChI is InChI=1S/C12H14ClN3O2/c1-8-7-18-10(6-17)5-16(8)12-3-9(4-14)2-11(13)15-12/h2-3,8,10,17H,5-7H2,1H3. The van der Waals surface area contributed by atoms with E-state index in [0.29, 0.717) is 29.7 Å². The lowest BCUT2D eigenvalue weighted by molar-refractivity contribution is -0.0105. The van der Waals surface area contributed by atoms with Gasteiger partial charge in [0.2, 0.25) is 0 Å². The molecule has 2 rings (SSSR count). The van der Waals surface area contributed by atoms with Crippen LogP contribution in [0, 0.1) is 11.3 Å². The highest BCUT2D eigenvalue weighted by atomic mass is 35.5. The Hall–Kier alpha value is -1.35. The third kappa shape index (κ3) is 2.72. The number of nitrogens with zero attached hydrogens (tertiary/aromatic N) is 3. The first-order valence-corrected chi connectivity index (χ1v) is 6.08. The smallest absolute Gasteiger partial charge is 0.132 e. The van der Waals surface area contributed by atoms with E-state index in [4.69, 9.17) is 26.7 Å². The molecule has 96 valence electrons. The van der Waals surface area contributed by atoms with Gasteiger partial charge in [0.05, 0.1) is 37.0 Å². The molecule has 2 atom stereocenters. The van der Waals surface area contributed by atoms with Gasteiger partial charge in [-0.15, -0.1) is 0 Å². The number of halogens is 1. The Morgan fingerprint density at radius 1 is 1.67 bits per heavy atom. The van der Waals surface area contributed by atoms with Crippen molar-refractivity contribution >= 4 is 17.4 Å². The average Bonchev–Trinajstić information content (AvgIpc) is 2.38. The first kappa shape index (κ1) is 13.1. The lowest BCUT2D eigenvalue weighted by atomic mass is 10.2. The van der Waals surface area contributed by atoms with Crippen LogP contribution in [0.2, 0.25) is 5.15 Å². The Morgan fingerprint density at radius 2 is 2.44 bits per heavy atom. The number of aliphatic hydroxyl groups excluding tert-OH is 1. The van der Waals surface area contributed by atoms with Crippen molar-refractivity contribution in [3.63, 3.8) is 0 Å². The molecule has 1 aliphatic heterocycles. The number of aromatic nitrogens is 1. The van der Waals surface area contributed by atoms with E-state index in [-0.39, 0.29) is 18.8 Å². The fourth-order valence-corrected chi connectivity index (χ4v) is 2.15. The highest BCUT2D eigenvalue weighted by Gasteiger charge is 2.27. The van der Waals surface area contributed by atoms with Crippen LogP contribution in [-0.2, 0) is 4.74 Å². The van der Waals surface area contributed by atoms with E-state index in [1.165, 1.54) is 6.07 Å². The molecule has 0 radical (unpaired) electrons. The highest BCUT2D eigenvalue weighted by Crippen LogP contribution is 2.23. The van der Waals surface area contributed by atoms with Gasteiger partial charge in [0, 0.05) is 6.54 Å². The molecule has 2 heterocycles. The maximum absolute atomic E-state index is 9.15. The van der Waals surface area contributed by atoms with Crippen LogP contribution in [0.1, 0.15) is 12.5 Å². The normalized spacial score (nSPS) is 23.8. The summed E-state index contributed by atoms with van der Waals surface area (Å²) in [6, 6.07) is 5.41. The summed E-state index contributed by atoms with van der Waals surface area (Å²) in [5.41, 5.74) is 0.476. The molecule has 1 saturated heterocycles. The van der Waals surface area contributed by atoms with Crippen LogP contribution in [0.4, 0.5) is 5.82 Å². The zero-order valence-corrected chi connectivity index (χ0v) is 10.8. The second-order valence-electron chi connectivity index (χ2n) is 4.29. The van der Waals surface area contributed by atoms with Crippen LogP contribution in [-0.4, -0.2) is 42.0 Å². The summed E-state index contributed by atoms with van der Waals surface area (Å²) < 4.78 is 5.46. The van der Waals surface area contributed by atoms with Gasteiger partial charge in [-0.2, -0.15) is 5.26 Å². The van der Waals surface area contributed by atoms with Crippen molar-refractivity contribution in [2.24, 2.45) is 0 Å². The van der Waals surface area contributed by atoms with E-state index < -0.39 is 0 Å². The summed E-state index contributed by atoms with van der Waals surface area (Å²) in [6.45, 7) is 3.02. The minimum absolute atomic E-state index is 0.0328. The lowest BCUT2D eigenvalue weighted by Gasteiger charge is -2.38. The Kier molecular flexibility index (Phi) is 4.02. The summed E-state index contributed by atoms with van der Waals surface area (Å²) in [6.07, 6.45) is -0.229. The van der Waals surface area contributed by atoms with Crippen molar-refractivity contribution in [1.29, 1.82) is 5.26 Å². The molecule has 0 saturated carbocycles. The van der Waals surface area contributed by atoms with Gasteiger partial charge in [-0.05, 0) is 19.1 Å². The van der Waals surface area contributed by atoms with E-state index >= 15 is 0 Å². The molecule has 1 aromatic rings. The second-order valence-corrected chi connectivity index (χ2v) is 4.68. The quantitative estimate of drug-likeness (QED) is 0.815. The van der Waals surface area contributed by atoms with Crippen LogP contribution in [0.25, 0.3) is 0 Å². The number of rotatable bonds is 2. The summed E-state index contributed by atoms with van der Waals surface area (Å²) in [5.74, 6) is 0.647. The van der Waals surface area contributed by atoms with Gasteiger partial charge >= 0.3 is 0 Å². The van der Waals surface area contributed by atoms with Crippen molar-refractivity contribution in [3.8, 4) is 6.07 Å². The first-order chi connectivity index (χ1) is 8.63. The van der Waals surface area contributed by atoms with Crippen molar-refractivity contribution < 1.29 is 9.84 Å². The number of hydrogen-bond acceptors (Lipinski definition) is 5. The third-order valence-electron chi connectivity index (χ3n) is 2.91. The van der Waals surface area contributed by atoms with E-state index in [1.54, 1.807) is 6.07 Å². The van der Waals surface area contributed by atoms with Crippen molar-refractivity contribution in [2.75, 3.05) is 24.7 Å². The predicted octanol–water partition coefficient (Wildman–Crippen LogP) is 1.19. The number of pyridine rings is 1. The molecule has 0 aromatic carbocycles. The zero-order chi connectivity index (χ0) is 13.1. The average molecular weight is 268 g/mol. The molecule has 0 bridgehead atoms. The molecule has 0 spiro atoms. The Morgan fingerprint density at radius 3 is 3.11 bits per heavy atom. The molecule has 1 aromatic heterocycles. The molecule has 1 aliphatic rings. The van der Waals surface area contributed by atoms with Crippen LogP contribution in [0.15, 0.2) is 12.1 Å². The number of morpholine rings is 1. The van der Waals surface area contributed by atoms with Crippen LogP contribution < -0.4 is 4.90 Å². The fraction of sp³-hybridized carbons (Fsp3) is 0.500. The van der Waals surface area contributed by atoms with Gasteiger partial charge in [-0.1, -0.05) is 11.6 Å². The number of hydrogen-bond donors (Lipinski definition) is 1. The van der Waals surface area contributed by atoms with Crippen molar-refractivity contribution in [3.05, 3.63) is 22.8 Å². The molecule has 5 nitrogen and oxygen atoms in total. The topological polar surface area (TPSA) is 69.4 Å². The summed E-state index contributed by atoms with van der Waals surface area (Å²) in [7, 11) is 0. The number of aliphatic hydroxyl groups is 1. The SMILES string of the molecule is CC1COC(CO)CN1c1cc(C#N)cc(Cl)n1. The molecule has 0 aliphatic carbocycles. The van der Waals surface area contributed by atoms with E-state index in [9.17, 15) is 0 Å². The van der Waals surface area contributed by atoms with Gasteiger partial charge < -0.3 is 14.7 Å². The maximum Gasteiger partial charge on any atom is 0.132 e. The second kappa shape index (κ2) is 5.53. The predicted molar refractivity (Wildman–Crippen MR) is 67.6 cm³/mol. The van der Waals surface area contributed by atoms with Gasteiger partial charge in [0.15, 0.2) is 0 Å². The number of ether oxygens (including phenoxy) is 1. The Balaban J connectivity index is 2.29. The minimum atomic E-state index is -0.229. The molecule has 18 heavy (non-hydrogen) atoms. The minimum Gasteiger partial charge on any atom is -0.394 e. The van der Waals surface area contributed by atoms with E-state index in [2.05, 4.69) is 11.1 Å². The number of anilines is 1. The van der Waals surface area contributed by atoms with Crippen LogP contribution in [0.5, 0.6) is 0 Å². The fourth-order valence-electron chi connectivity index (χ4n) is 1.94. The van der Waals surface area contributed by atoms with Gasteiger partial charge in [-0.25, -0.2) is 4.98 Å². The lowest BCUT2D eigenvalue weighted by Crippen LogP contribution is -2.50. The molecule has 2 unspecified atom stereocenters. The number of nitriles is 1. The van der Waals surface area contributed by atoms with Gasteiger partial charge in [0.1, 0.15) is 11.0 Å². The molecule has 0 amide bonds. The Bertz CT molecular complexity index is 475. The summed E-state index contributed by atoms with van der Waals surface area (Å²) in [4.78, 5) is 6.22. The summed E-state index contributed by atoms with van der Waals surface area (Å²) in [5, 5.41) is 18.4. The highest BCUT2D eigenvalue weighted by molar-refractivity contribution is 6.29. The molecular weight excluding hydrogens is 254 g/mol. The summed E-state index contributed by atoms with van der Waals surface area (Å²) >= 11 is 5.90. The van der Waals surface area contributed by atoms with Crippen LogP contribution >= 0.6 is 11.6 Å². The van der Waals surface area contributed by atoms with Gasteiger partial charge in [-0.3, -0.25) is 0 Å². The molecule has 6 heteroatoms. The van der Waals surface area contributed by atoms with Gasteiger partial charge in [0.25, 0.3) is 0 Å².